The number of fused-ring (bicyclic) bond motifs is 4. The number of aromatic nitrogens is 3. The topological polar surface area (TPSA) is 89.4 Å². The molecule has 0 radical (unpaired) electrons. The van der Waals surface area contributed by atoms with Crippen molar-refractivity contribution in [2.45, 2.75) is 57.2 Å². The second-order valence-corrected chi connectivity index (χ2v) is 9.36. The summed E-state index contributed by atoms with van der Waals surface area (Å²) >= 11 is 0. The molecule has 0 amide bonds. The second-order valence-electron chi connectivity index (χ2n) is 9.36. The molecule has 2 bridgehead atoms. The summed E-state index contributed by atoms with van der Waals surface area (Å²) in [6.07, 6.45) is 9.78. The summed E-state index contributed by atoms with van der Waals surface area (Å²) in [5.74, 6) is 0.382. The van der Waals surface area contributed by atoms with E-state index in [1.165, 1.54) is 25.7 Å². The molecule has 1 aliphatic heterocycles. The van der Waals surface area contributed by atoms with Gasteiger partial charge in [0.2, 0.25) is 5.95 Å². The van der Waals surface area contributed by atoms with Gasteiger partial charge in [0.05, 0.1) is 17.5 Å². The lowest BCUT2D eigenvalue weighted by molar-refractivity contribution is 0.114. The van der Waals surface area contributed by atoms with Gasteiger partial charge in [0, 0.05) is 23.4 Å². The van der Waals surface area contributed by atoms with Crippen LogP contribution in [0, 0.1) is 35.0 Å². The van der Waals surface area contributed by atoms with E-state index in [1.54, 1.807) is 6.20 Å². The average molecular weight is 422 g/mol. The van der Waals surface area contributed by atoms with Crippen LogP contribution in [0.15, 0.2) is 29.4 Å². The zero-order valence-corrected chi connectivity index (χ0v) is 17.1. The third kappa shape index (κ3) is 3.14. The van der Waals surface area contributed by atoms with E-state index >= 15 is 4.39 Å². The van der Waals surface area contributed by atoms with E-state index in [2.05, 4.69) is 31.7 Å². The molecule has 4 saturated carbocycles. The minimum absolute atomic E-state index is 0.0619. The van der Waals surface area contributed by atoms with E-state index in [1.807, 2.05) is 0 Å². The fourth-order valence-corrected chi connectivity index (χ4v) is 5.76. The molecular weight excluding hydrogens is 398 g/mol. The number of nitrogens with one attached hydrogen (secondary N) is 3. The molecule has 2 unspecified atom stereocenters. The Morgan fingerprint density at radius 1 is 1.13 bits per heavy atom. The van der Waals surface area contributed by atoms with Gasteiger partial charge in [0.15, 0.2) is 5.65 Å². The molecule has 2 aromatic rings. The molecule has 2 aromatic heterocycles. The molecule has 7 rings (SSSR count). The van der Waals surface area contributed by atoms with E-state index in [0.29, 0.717) is 33.9 Å². The van der Waals surface area contributed by atoms with Crippen LogP contribution in [0.2, 0.25) is 0 Å². The maximum atomic E-state index is 15.7. The Bertz CT molecular complexity index is 1150. The molecule has 4 fully saturated rings. The fraction of sp³-hybridized carbons (Fsp3) is 0.522. The van der Waals surface area contributed by atoms with Crippen molar-refractivity contribution in [3.63, 3.8) is 0 Å². The van der Waals surface area contributed by atoms with Gasteiger partial charge in [-0.1, -0.05) is 12.8 Å². The summed E-state index contributed by atoms with van der Waals surface area (Å²) in [6, 6.07) is 2.48. The van der Waals surface area contributed by atoms with Gasteiger partial charge in [-0.3, -0.25) is 5.32 Å². The van der Waals surface area contributed by atoms with Gasteiger partial charge in [-0.2, -0.15) is 9.65 Å². The number of rotatable bonds is 4. The Balaban J connectivity index is 1.41. The Morgan fingerprint density at radius 2 is 1.94 bits per heavy atom. The first-order valence-electron chi connectivity index (χ1n) is 11.2. The normalized spacial score (nSPS) is 30.6. The minimum atomic E-state index is -0.696. The predicted molar refractivity (Wildman–Crippen MR) is 111 cm³/mol. The Morgan fingerprint density at radius 3 is 2.61 bits per heavy atom. The van der Waals surface area contributed by atoms with Crippen molar-refractivity contribution in [1.29, 1.82) is 5.26 Å². The zero-order chi connectivity index (χ0) is 21.1. The van der Waals surface area contributed by atoms with Gasteiger partial charge in [-0.05, 0) is 49.9 Å². The quantitative estimate of drug-likeness (QED) is 0.691. The van der Waals surface area contributed by atoms with Crippen molar-refractivity contribution >= 4 is 16.9 Å². The number of dihydropyridines is 1. The number of allylic oxidation sites excluding steroid dienone is 2. The minimum Gasteiger partial charge on any atom is -0.362 e. The van der Waals surface area contributed by atoms with Crippen LogP contribution in [0.1, 0.15) is 50.5 Å². The summed E-state index contributed by atoms with van der Waals surface area (Å²) < 4.78 is 29.5. The summed E-state index contributed by atoms with van der Waals surface area (Å²) in [7, 11) is 0. The maximum Gasteiger partial charge on any atom is 0.232 e. The first-order chi connectivity index (χ1) is 15.1. The SMILES string of the molecule is N#CC1=C(c2c[nH]c3ncc(F)nc23)NC(NC2CC3CCC2CC3)C(F)=C1C1CC1. The van der Waals surface area contributed by atoms with Crippen LogP contribution in [0.5, 0.6) is 0 Å². The lowest BCUT2D eigenvalue weighted by Gasteiger charge is -2.44. The lowest BCUT2D eigenvalue weighted by atomic mass is 9.68. The molecule has 160 valence electrons. The van der Waals surface area contributed by atoms with E-state index in [4.69, 9.17) is 0 Å². The van der Waals surface area contributed by atoms with Crippen molar-refractivity contribution in [1.82, 2.24) is 25.6 Å². The number of hydrogen-bond acceptors (Lipinski definition) is 5. The fourth-order valence-electron chi connectivity index (χ4n) is 5.76. The van der Waals surface area contributed by atoms with E-state index in [9.17, 15) is 9.65 Å². The molecule has 0 spiro atoms. The summed E-state index contributed by atoms with van der Waals surface area (Å²) in [5.41, 5.74) is 2.59. The van der Waals surface area contributed by atoms with E-state index in [0.717, 1.165) is 31.4 Å². The standard InChI is InChI=1S/C23H24F2N6/c24-17-10-28-23-21(30-17)15(9-27-23)20-14(8-26)18(13-5-6-13)19(25)22(31-20)29-16-7-11-1-3-12(16)4-2-11/h9-13,16,22,29,31H,1-7H2,(H,27,28). The van der Waals surface area contributed by atoms with Gasteiger partial charge in [0.25, 0.3) is 0 Å². The molecule has 0 saturated heterocycles. The van der Waals surface area contributed by atoms with Crippen LogP contribution in [0.3, 0.4) is 0 Å². The Hall–Kier alpha value is -2.79. The van der Waals surface area contributed by atoms with Gasteiger partial charge in [-0.15, -0.1) is 0 Å². The van der Waals surface area contributed by atoms with E-state index in [-0.39, 0.29) is 23.4 Å². The van der Waals surface area contributed by atoms with Crippen LogP contribution in [-0.2, 0) is 0 Å². The van der Waals surface area contributed by atoms with Crippen molar-refractivity contribution < 1.29 is 8.78 Å². The van der Waals surface area contributed by atoms with Crippen LogP contribution < -0.4 is 10.6 Å². The molecule has 2 atom stereocenters. The number of nitriles is 1. The van der Waals surface area contributed by atoms with Gasteiger partial charge in [0.1, 0.15) is 23.6 Å². The zero-order valence-electron chi connectivity index (χ0n) is 17.1. The molecule has 4 aliphatic carbocycles. The van der Waals surface area contributed by atoms with Crippen LogP contribution in [0.25, 0.3) is 16.9 Å². The first-order valence-corrected chi connectivity index (χ1v) is 11.2. The number of hydrogen-bond donors (Lipinski definition) is 3. The summed E-state index contributed by atoms with van der Waals surface area (Å²) in [4.78, 5) is 11.0. The molecular formula is C23H24F2N6. The largest absolute Gasteiger partial charge is 0.362 e. The van der Waals surface area contributed by atoms with Gasteiger partial charge in [-0.25, -0.2) is 14.4 Å². The monoisotopic (exact) mass is 422 g/mol. The molecule has 31 heavy (non-hydrogen) atoms. The smallest absolute Gasteiger partial charge is 0.232 e. The highest BCUT2D eigenvalue weighted by atomic mass is 19.1. The number of nitrogens with zero attached hydrogens (tertiary/aromatic N) is 3. The number of halogens is 2. The third-order valence-electron chi connectivity index (χ3n) is 7.47. The van der Waals surface area contributed by atoms with Gasteiger partial charge < -0.3 is 10.3 Å². The van der Waals surface area contributed by atoms with Crippen LogP contribution in [0.4, 0.5) is 8.78 Å². The molecule has 3 heterocycles. The molecule has 8 heteroatoms. The highest BCUT2D eigenvalue weighted by Gasteiger charge is 2.42. The van der Waals surface area contributed by atoms with Crippen LogP contribution >= 0.6 is 0 Å². The maximum absolute atomic E-state index is 15.7. The summed E-state index contributed by atoms with van der Waals surface area (Å²) in [5, 5.41) is 16.7. The number of H-pyrrole nitrogens is 1. The van der Waals surface area contributed by atoms with Gasteiger partial charge >= 0.3 is 0 Å². The lowest BCUT2D eigenvalue weighted by Crippen LogP contribution is -2.54. The highest BCUT2D eigenvalue weighted by molar-refractivity contribution is 5.91. The highest BCUT2D eigenvalue weighted by Crippen LogP contribution is 2.47. The molecule has 3 N–H and O–H groups in total. The van der Waals surface area contributed by atoms with Crippen molar-refractivity contribution in [2.24, 2.45) is 17.8 Å². The molecule has 5 aliphatic rings. The average Bonchev–Trinajstić information content (AvgIpc) is 3.54. The first kappa shape index (κ1) is 18.9. The van der Waals surface area contributed by atoms with Crippen LogP contribution in [-0.4, -0.2) is 27.2 Å². The summed E-state index contributed by atoms with van der Waals surface area (Å²) in [6.45, 7) is 0. The molecule has 0 aromatic carbocycles. The third-order valence-corrected chi connectivity index (χ3v) is 7.47. The van der Waals surface area contributed by atoms with Crippen molar-refractivity contribution in [3.8, 4) is 6.07 Å². The van der Waals surface area contributed by atoms with Crippen molar-refractivity contribution in [2.75, 3.05) is 0 Å². The second kappa shape index (κ2) is 7.13. The molecule has 6 nitrogen and oxygen atoms in total. The van der Waals surface area contributed by atoms with E-state index < -0.39 is 12.1 Å². The Kier molecular flexibility index (Phi) is 4.35. The van der Waals surface area contributed by atoms with Crippen molar-refractivity contribution in [3.05, 3.63) is 40.9 Å². The predicted octanol–water partition coefficient (Wildman–Crippen LogP) is 4.06. The Labute approximate surface area is 178 Å². The number of aromatic amines is 1.